The zero-order chi connectivity index (χ0) is 9.40. The number of rotatable bonds is 7. The second kappa shape index (κ2) is 7.60. The monoisotopic (exact) mass is 171 g/mol. The summed E-state index contributed by atoms with van der Waals surface area (Å²) in [6.45, 7) is 8.11. The summed E-state index contributed by atoms with van der Waals surface area (Å²) in [6.07, 6.45) is 5.49. The molecular formula is C11H25N. The maximum Gasteiger partial charge on any atom is -0.00493 e. The van der Waals surface area contributed by atoms with Crippen molar-refractivity contribution in [3.8, 4) is 0 Å². The summed E-state index contributed by atoms with van der Waals surface area (Å²) in [5.41, 5.74) is 0. The quantitative estimate of drug-likeness (QED) is 0.621. The van der Waals surface area contributed by atoms with Crippen molar-refractivity contribution in [2.45, 2.75) is 46.5 Å². The predicted molar refractivity (Wildman–Crippen MR) is 56.4 cm³/mol. The maximum atomic E-state index is 3.23. The first-order chi connectivity index (χ1) is 5.70. The second-order valence-electron chi connectivity index (χ2n) is 4.18. The zero-order valence-corrected chi connectivity index (χ0v) is 9.19. The van der Waals surface area contributed by atoms with E-state index < -0.39 is 0 Å². The molecule has 0 amide bonds. The molecule has 0 radical (unpaired) electrons. The fourth-order valence-corrected chi connectivity index (χ4v) is 1.80. The smallest absolute Gasteiger partial charge is 0.00493 e. The van der Waals surface area contributed by atoms with Gasteiger partial charge in [-0.05, 0) is 38.3 Å². The molecule has 1 N–H and O–H groups in total. The molecule has 1 atom stereocenters. The Morgan fingerprint density at radius 1 is 1.17 bits per heavy atom. The number of nitrogens with one attached hydrogen (secondary N) is 1. The van der Waals surface area contributed by atoms with E-state index >= 15 is 0 Å². The molecule has 12 heavy (non-hydrogen) atoms. The van der Waals surface area contributed by atoms with Gasteiger partial charge in [-0.1, -0.05) is 33.6 Å². The van der Waals surface area contributed by atoms with Crippen LogP contribution in [0.3, 0.4) is 0 Å². The van der Waals surface area contributed by atoms with Gasteiger partial charge in [-0.15, -0.1) is 0 Å². The van der Waals surface area contributed by atoms with Gasteiger partial charge in [0.05, 0.1) is 0 Å². The summed E-state index contributed by atoms with van der Waals surface area (Å²) >= 11 is 0. The van der Waals surface area contributed by atoms with E-state index in [-0.39, 0.29) is 0 Å². The average Bonchev–Trinajstić information content (AvgIpc) is 2.00. The Hall–Kier alpha value is -0.0400. The van der Waals surface area contributed by atoms with Crippen LogP contribution in [-0.4, -0.2) is 13.6 Å². The number of hydrogen-bond donors (Lipinski definition) is 1. The van der Waals surface area contributed by atoms with E-state index in [0.717, 1.165) is 11.8 Å². The van der Waals surface area contributed by atoms with Crippen LogP contribution in [0.5, 0.6) is 0 Å². The molecule has 0 aliphatic rings. The van der Waals surface area contributed by atoms with Gasteiger partial charge >= 0.3 is 0 Å². The molecule has 0 fully saturated rings. The molecule has 0 aromatic carbocycles. The van der Waals surface area contributed by atoms with Gasteiger partial charge in [-0.3, -0.25) is 0 Å². The zero-order valence-electron chi connectivity index (χ0n) is 9.19. The molecule has 0 rings (SSSR count). The molecule has 0 bridgehead atoms. The third-order valence-electron chi connectivity index (χ3n) is 2.30. The SMILES string of the molecule is CCCC(CCNC)CC(C)C. The van der Waals surface area contributed by atoms with Gasteiger partial charge in [0.1, 0.15) is 0 Å². The summed E-state index contributed by atoms with van der Waals surface area (Å²) in [4.78, 5) is 0. The highest BCUT2D eigenvalue weighted by atomic mass is 14.8. The average molecular weight is 171 g/mol. The fourth-order valence-electron chi connectivity index (χ4n) is 1.80. The molecule has 1 unspecified atom stereocenters. The van der Waals surface area contributed by atoms with Crippen LogP contribution in [0.25, 0.3) is 0 Å². The number of hydrogen-bond acceptors (Lipinski definition) is 1. The van der Waals surface area contributed by atoms with Gasteiger partial charge in [0.25, 0.3) is 0 Å². The van der Waals surface area contributed by atoms with Crippen LogP contribution in [0, 0.1) is 11.8 Å². The van der Waals surface area contributed by atoms with Crippen LogP contribution in [0.1, 0.15) is 46.5 Å². The normalized spacial score (nSPS) is 13.8. The largest absolute Gasteiger partial charge is 0.320 e. The van der Waals surface area contributed by atoms with Crippen LogP contribution in [0.2, 0.25) is 0 Å². The van der Waals surface area contributed by atoms with E-state index in [9.17, 15) is 0 Å². The van der Waals surface area contributed by atoms with Crippen LogP contribution in [0.15, 0.2) is 0 Å². The van der Waals surface area contributed by atoms with Crippen LogP contribution < -0.4 is 5.32 Å². The summed E-state index contributed by atoms with van der Waals surface area (Å²) in [6, 6.07) is 0. The van der Waals surface area contributed by atoms with E-state index in [0.29, 0.717) is 0 Å². The van der Waals surface area contributed by atoms with E-state index in [1.54, 1.807) is 0 Å². The van der Waals surface area contributed by atoms with Gasteiger partial charge < -0.3 is 5.32 Å². The topological polar surface area (TPSA) is 12.0 Å². The van der Waals surface area contributed by atoms with Gasteiger partial charge in [-0.2, -0.15) is 0 Å². The summed E-state index contributed by atoms with van der Waals surface area (Å²) in [5, 5.41) is 3.23. The molecule has 1 heteroatoms. The lowest BCUT2D eigenvalue weighted by Gasteiger charge is -2.17. The molecule has 1 nitrogen and oxygen atoms in total. The summed E-state index contributed by atoms with van der Waals surface area (Å²) in [5.74, 6) is 1.81. The van der Waals surface area contributed by atoms with E-state index in [1.807, 2.05) is 7.05 Å². The highest BCUT2D eigenvalue weighted by molar-refractivity contribution is 4.62. The molecular weight excluding hydrogens is 146 g/mol. The minimum absolute atomic E-state index is 0.860. The van der Waals surface area contributed by atoms with Gasteiger partial charge in [0, 0.05) is 0 Å². The Morgan fingerprint density at radius 3 is 2.25 bits per heavy atom. The van der Waals surface area contributed by atoms with Crippen molar-refractivity contribution in [3.05, 3.63) is 0 Å². The minimum Gasteiger partial charge on any atom is -0.320 e. The molecule has 0 heterocycles. The molecule has 0 saturated carbocycles. The first-order valence-corrected chi connectivity index (χ1v) is 5.35. The van der Waals surface area contributed by atoms with Crippen molar-refractivity contribution in [3.63, 3.8) is 0 Å². The molecule has 74 valence electrons. The van der Waals surface area contributed by atoms with Crippen molar-refractivity contribution in [1.82, 2.24) is 5.32 Å². The highest BCUT2D eigenvalue weighted by Crippen LogP contribution is 2.19. The molecule has 0 aromatic rings. The Labute approximate surface area is 77.9 Å². The Bertz CT molecular complexity index is 89.0. The summed E-state index contributed by atoms with van der Waals surface area (Å²) in [7, 11) is 2.04. The van der Waals surface area contributed by atoms with E-state index in [1.165, 1.54) is 32.2 Å². The Morgan fingerprint density at radius 2 is 1.83 bits per heavy atom. The highest BCUT2D eigenvalue weighted by Gasteiger charge is 2.08. The third-order valence-corrected chi connectivity index (χ3v) is 2.30. The van der Waals surface area contributed by atoms with Crippen molar-refractivity contribution in [1.29, 1.82) is 0 Å². The molecule has 0 spiro atoms. The first-order valence-electron chi connectivity index (χ1n) is 5.35. The predicted octanol–water partition coefficient (Wildman–Crippen LogP) is 3.06. The van der Waals surface area contributed by atoms with Gasteiger partial charge in [0.15, 0.2) is 0 Å². The standard InChI is InChI=1S/C11H25N/c1-5-6-11(7-8-12-4)9-10(2)3/h10-12H,5-9H2,1-4H3. The van der Waals surface area contributed by atoms with Crippen molar-refractivity contribution < 1.29 is 0 Å². The van der Waals surface area contributed by atoms with Crippen molar-refractivity contribution >= 4 is 0 Å². The molecule has 0 saturated heterocycles. The lowest BCUT2D eigenvalue weighted by molar-refractivity contribution is 0.358. The third kappa shape index (κ3) is 6.66. The molecule has 0 aliphatic carbocycles. The summed E-state index contributed by atoms with van der Waals surface area (Å²) < 4.78 is 0. The van der Waals surface area contributed by atoms with Gasteiger partial charge in [0.2, 0.25) is 0 Å². The van der Waals surface area contributed by atoms with Crippen LogP contribution in [0.4, 0.5) is 0 Å². The Balaban J connectivity index is 3.54. The fraction of sp³-hybridized carbons (Fsp3) is 1.00. The van der Waals surface area contributed by atoms with E-state index in [4.69, 9.17) is 0 Å². The maximum absolute atomic E-state index is 3.23. The van der Waals surface area contributed by atoms with Crippen LogP contribution in [-0.2, 0) is 0 Å². The molecule has 0 aromatic heterocycles. The van der Waals surface area contributed by atoms with Crippen LogP contribution >= 0.6 is 0 Å². The molecule has 0 aliphatic heterocycles. The lowest BCUT2D eigenvalue weighted by Crippen LogP contribution is -2.14. The lowest BCUT2D eigenvalue weighted by atomic mass is 9.90. The van der Waals surface area contributed by atoms with Crippen molar-refractivity contribution in [2.75, 3.05) is 13.6 Å². The van der Waals surface area contributed by atoms with Crippen molar-refractivity contribution in [2.24, 2.45) is 11.8 Å². The first kappa shape index (κ1) is 12.0. The Kier molecular flexibility index (Phi) is 7.58. The van der Waals surface area contributed by atoms with Gasteiger partial charge in [-0.25, -0.2) is 0 Å². The van der Waals surface area contributed by atoms with E-state index in [2.05, 4.69) is 26.1 Å². The second-order valence-corrected chi connectivity index (χ2v) is 4.18. The minimum atomic E-state index is 0.860.